The van der Waals surface area contributed by atoms with E-state index in [0.29, 0.717) is 12.2 Å². The number of anilines is 1. The first-order chi connectivity index (χ1) is 8.61. The zero-order valence-corrected chi connectivity index (χ0v) is 9.83. The number of benzene rings is 1. The van der Waals surface area contributed by atoms with Crippen molar-refractivity contribution < 1.29 is 4.92 Å². The zero-order chi connectivity index (χ0) is 13.1. The number of hydrogen-bond donors (Lipinski definition) is 2. The van der Waals surface area contributed by atoms with Crippen LogP contribution in [0.5, 0.6) is 0 Å². The van der Waals surface area contributed by atoms with Crippen molar-refractivity contribution in [2.45, 2.75) is 13.5 Å². The van der Waals surface area contributed by atoms with E-state index in [2.05, 4.69) is 10.4 Å². The van der Waals surface area contributed by atoms with E-state index in [-0.39, 0.29) is 5.69 Å². The molecule has 0 radical (unpaired) electrons. The van der Waals surface area contributed by atoms with Gasteiger partial charge in [-0.15, -0.1) is 0 Å². The normalized spacial score (nSPS) is 10.3. The van der Waals surface area contributed by atoms with Gasteiger partial charge in [0.1, 0.15) is 5.82 Å². The minimum absolute atomic E-state index is 0.0433. The number of nitrogens with zero attached hydrogens (tertiary/aromatic N) is 3. The van der Waals surface area contributed by atoms with Crippen LogP contribution >= 0.6 is 0 Å². The predicted molar refractivity (Wildman–Crippen MR) is 67.0 cm³/mol. The van der Waals surface area contributed by atoms with Crippen LogP contribution in [0, 0.1) is 17.0 Å². The minimum atomic E-state index is -0.426. The summed E-state index contributed by atoms with van der Waals surface area (Å²) in [6.07, 6.45) is 3.50. The van der Waals surface area contributed by atoms with E-state index in [9.17, 15) is 10.1 Å². The standard InChI is InChI=1S/C11H13N5O2/c1-8-13-4-5-15(8)7-9-6-10(16(17)18)2-3-11(9)14-12/h2-6,14H,7,12H2,1H3. The smallest absolute Gasteiger partial charge is 0.269 e. The second-order valence-electron chi connectivity index (χ2n) is 3.85. The van der Waals surface area contributed by atoms with Crippen LogP contribution < -0.4 is 11.3 Å². The number of nitrogens with one attached hydrogen (secondary N) is 1. The summed E-state index contributed by atoms with van der Waals surface area (Å²) in [7, 11) is 0. The van der Waals surface area contributed by atoms with Crippen LogP contribution in [-0.2, 0) is 6.54 Å². The average molecular weight is 247 g/mol. The molecule has 0 aliphatic carbocycles. The molecule has 18 heavy (non-hydrogen) atoms. The van der Waals surface area contributed by atoms with Gasteiger partial charge in [0.25, 0.3) is 5.69 Å². The van der Waals surface area contributed by atoms with E-state index in [1.807, 2.05) is 17.7 Å². The van der Waals surface area contributed by atoms with E-state index >= 15 is 0 Å². The highest BCUT2D eigenvalue weighted by molar-refractivity contribution is 5.55. The van der Waals surface area contributed by atoms with Crippen molar-refractivity contribution in [1.82, 2.24) is 9.55 Å². The summed E-state index contributed by atoms with van der Waals surface area (Å²) in [5.74, 6) is 6.24. The molecule has 0 spiro atoms. The second kappa shape index (κ2) is 4.84. The molecule has 7 heteroatoms. The van der Waals surface area contributed by atoms with Crippen molar-refractivity contribution in [3.05, 3.63) is 52.1 Å². The Kier molecular flexibility index (Phi) is 3.24. The second-order valence-corrected chi connectivity index (χ2v) is 3.85. The molecule has 0 saturated heterocycles. The van der Waals surface area contributed by atoms with Crippen LogP contribution in [0.4, 0.5) is 11.4 Å². The summed E-state index contributed by atoms with van der Waals surface area (Å²) >= 11 is 0. The van der Waals surface area contributed by atoms with Crippen LogP contribution in [0.25, 0.3) is 0 Å². The molecule has 0 bridgehead atoms. The van der Waals surface area contributed by atoms with E-state index in [1.165, 1.54) is 12.1 Å². The monoisotopic (exact) mass is 247 g/mol. The van der Waals surface area contributed by atoms with Gasteiger partial charge in [-0.05, 0) is 13.0 Å². The molecule has 0 aliphatic rings. The molecule has 0 fully saturated rings. The van der Waals surface area contributed by atoms with Crippen LogP contribution in [0.15, 0.2) is 30.6 Å². The third kappa shape index (κ3) is 2.30. The van der Waals surface area contributed by atoms with Gasteiger partial charge < -0.3 is 9.99 Å². The Bertz CT molecular complexity index is 579. The first kappa shape index (κ1) is 12.1. The number of nitro benzene ring substituents is 1. The summed E-state index contributed by atoms with van der Waals surface area (Å²) in [5.41, 5.74) is 3.98. The molecule has 94 valence electrons. The number of hydrazine groups is 1. The van der Waals surface area contributed by atoms with Gasteiger partial charge in [-0.2, -0.15) is 0 Å². The molecular weight excluding hydrogens is 234 g/mol. The first-order valence-corrected chi connectivity index (χ1v) is 5.33. The summed E-state index contributed by atoms with van der Waals surface area (Å²) in [5, 5.41) is 10.8. The Morgan fingerprint density at radius 2 is 2.33 bits per heavy atom. The van der Waals surface area contributed by atoms with Gasteiger partial charge in [-0.1, -0.05) is 0 Å². The Labute approximate surface area is 103 Å². The van der Waals surface area contributed by atoms with Crippen LogP contribution in [0.3, 0.4) is 0 Å². The Hall–Kier alpha value is -2.41. The molecular formula is C11H13N5O2. The van der Waals surface area contributed by atoms with E-state index in [0.717, 1.165) is 11.4 Å². The third-order valence-electron chi connectivity index (χ3n) is 2.72. The van der Waals surface area contributed by atoms with E-state index < -0.39 is 4.92 Å². The molecule has 3 N–H and O–H groups in total. The number of aromatic nitrogens is 2. The van der Waals surface area contributed by atoms with Crippen molar-refractivity contribution in [2.75, 3.05) is 5.43 Å². The van der Waals surface area contributed by atoms with Crippen LogP contribution in [0.2, 0.25) is 0 Å². The van der Waals surface area contributed by atoms with Crippen molar-refractivity contribution >= 4 is 11.4 Å². The minimum Gasteiger partial charge on any atom is -0.331 e. The predicted octanol–water partition coefficient (Wildman–Crippen LogP) is 1.43. The topological polar surface area (TPSA) is 99.0 Å². The molecule has 0 saturated carbocycles. The Morgan fingerprint density at radius 3 is 2.89 bits per heavy atom. The van der Waals surface area contributed by atoms with Crippen LogP contribution in [-0.4, -0.2) is 14.5 Å². The van der Waals surface area contributed by atoms with E-state index in [1.54, 1.807) is 12.3 Å². The number of nitro groups is 1. The fourth-order valence-corrected chi connectivity index (χ4v) is 1.72. The molecule has 2 aromatic rings. The van der Waals surface area contributed by atoms with Crippen LogP contribution in [0.1, 0.15) is 11.4 Å². The molecule has 2 rings (SSSR count). The number of nitrogens with two attached hydrogens (primary N) is 1. The highest BCUT2D eigenvalue weighted by Gasteiger charge is 2.11. The Balaban J connectivity index is 2.38. The number of imidazole rings is 1. The summed E-state index contributed by atoms with van der Waals surface area (Å²) in [6, 6.07) is 4.52. The highest BCUT2D eigenvalue weighted by Crippen LogP contribution is 2.22. The molecule has 0 aliphatic heterocycles. The number of nitrogen functional groups attached to an aromatic ring is 1. The third-order valence-corrected chi connectivity index (χ3v) is 2.72. The van der Waals surface area contributed by atoms with Gasteiger partial charge in [-0.25, -0.2) is 4.98 Å². The number of aryl methyl sites for hydroxylation is 1. The maximum Gasteiger partial charge on any atom is 0.269 e. The summed E-state index contributed by atoms with van der Waals surface area (Å²) < 4.78 is 1.89. The maximum absolute atomic E-state index is 10.8. The SMILES string of the molecule is Cc1nccn1Cc1cc([N+](=O)[O-])ccc1NN. The van der Waals surface area contributed by atoms with Crippen molar-refractivity contribution in [2.24, 2.45) is 5.84 Å². The van der Waals surface area contributed by atoms with E-state index in [4.69, 9.17) is 5.84 Å². The lowest BCUT2D eigenvalue weighted by atomic mass is 10.1. The first-order valence-electron chi connectivity index (χ1n) is 5.33. The maximum atomic E-state index is 10.8. The number of rotatable bonds is 4. The largest absolute Gasteiger partial charge is 0.331 e. The fraction of sp³-hybridized carbons (Fsp3) is 0.182. The lowest BCUT2D eigenvalue weighted by molar-refractivity contribution is -0.384. The average Bonchev–Trinajstić information content (AvgIpc) is 2.75. The molecule has 1 heterocycles. The molecule has 0 atom stereocenters. The van der Waals surface area contributed by atoms with Gasteiger partial charge in [0.05, 0.1) is 17.2 Å². The molecule has 7 nitrogen and oxygen atoms in total. The van der Waals surface area contributed by atoms with Crippen molar-refractivity contribution in [3.63, 3.8) is 0 Å². The summed E-state index contributed by atoms with van der Waals surface area (Å²) in [4.78, 5) is 14.4. The lowest BCUT2D eigenvalue weighted by Gasteiger charge is -2.10. The Morgan fingerprint density at radius 1 is 1.56 bits per heavy atom. The van der Waals surface area contributed by atoms with Crippen molar-refractivity contribution in [3.8, 4) is 0 Å². The van der Waals surface area contributed by atoms with Crippen molar-refractivity contribution in [1.29, 1.82) is 0 Å². The zero-order valence-electron chi connectivity index (χ0n) is 9.83. The summed E-state index contributed by atoms with van der Waals surface area (Å²) in [6.45, 7) is 2.35. The number of hydrogen-bond acceptors (Lipinski definition) is 5. The molecule has 0 amide bonds. The molecule has 1 aromatic heterocycles. The fourth-order valence-electron chi connectivity index (χ4n) is 1.72. The quantitative estimate of drug-likeness (QED) is 0.483. The van der Waals surface area contributed by atoms with Gasteiger partial charge >= 0.3 is 0 Å². The highest BCUT2D eigenvalue weighted by atomic mass is 16.6. The van der Waals surface area contributed by atoms with Gasteiger partial charge in [0, 0.05) is 30.1 Å². The molecule has 0 unspecified atom stereocenters. The lowest BCUT2D eigenvalue weighted by Crippen LogP contribution is -2.11. The van der Waals surface area contributed by atoms with Gasteiger partial charge in [0.2, 0.25) is 0 Å². The van der Waals surface area contributed by atoms with Gasteiger partial charge in [0.15, 0.2) is 0 Å². The van der Waals surface area contributed by atoms with Gasteiger partial charge in [-0.3, -0.25) is 16.0 Å². The molecule has 1 aromatic carbocycles. The number of non-ortho nitro benzene ring substituents is 1.